The molecule has 2 heterocycles. The van der Waals surface area contributed by atoms with Crippen molar-refractivity contribution in [2.45, 2.75) is 51.9 Å². The minimum absolute atomic E-state index is 0.161. The van der Waals surface area contributed by atoms with E-state index in [0.29, 0.717) is 12.2 Å². The average molecular weight is 443 g/mol. The van der Waals surface area contributed by atoms with Crippen LogP contribution in [0.2, 0.25) is 0 Å². The number of hydrogen-bond donors (Lipinski definition) is 2. The van der Waals surface area contributed by atoms with Crippen molar-refractivity contribution in [1.29, 1.82) is 0 Å². The van der Waals surface area contributed by atoms with Gasteiger partial charge in [-0.15, -0.1) is 0 Å². The second kappa shape index (κ2) is 7.97. The predicted molar refractivity (Wildman–Crippen MR) is 127 cm³/mol. The molecule has 0 spiro atoms. The van der Waals surface area contributed by atoms with Crippen molar-refractivity contribution in [3.63, 3.8) is 0 Å². The van der Waals surface area contributed by atoms with Crippen LogP contribution in [-0.2, 0) is 4.79 Å². The molecule has 0 aliphatic heterocycles. The van der Waals surface area contributed by atoms with E-state index in [1.165, 1.54) is 44.9 Å². The molecule has 1 amide bonds. The molecular formula is C26H30N6O. The van der Waals surface area contributed by atoms with E-state index in [1.54, 1.807) is 6.20 Å². The maximum Gasteiger partial charge on any atom is 0.224 e. The van der Waals surface area contributed by atoms with E-state index in [-0.39, 0.29) is 11.3 Å². The zero-order chi connectivity index (χ0) is 22.4. The van der Waals surface area contributed by atoms with Gasteiger partial charge in [0, 0.05) is 36.3 Å². The number of aromatic nitrogens is 4. The van der Waals surface area contributed by atoms with Crippen molar-refractivity contribution in [3.8, 4) is 5.82 Å². The molecule has 170 valence electrons. The maximum atomic E-state index is 12.9. The molecule has 7 rings (SSSR count). The first kappa shape index (κ1) is 20.4. The second-order valence-electron chi connectivity index (χ2n) is 10.5. The maximum absolute atomic E-state index is 12.9. The molecule has 0 atom stereocenters. The Kier molecular flexibility index (Phi) is 4.93. The van der Waals surface area contributed by atoms with E-state index in [2.05, 4.69) is 25.6 Å². The normalized spacial score (nSPS) is 27.5. The van der Waals surface area contributed by atoms with Gasteiger partial charge in [0.15, 0.2) is 0 Å². The number of imidazole rings is 1. The van der Waals surface area contributed by atoms with Crippen molar-refractivity contribution < 1.29 is 4.79 Å². The molecule has 0 radical (unpaired) electrons. The van der Waals surface area contributed by atoms with Crippen LogP contribution < -0.4 is 10.6 Å². The molecule has 4 saturated carbocycles. The van der Waals surface area contributed by atoms with Gasteiger partial charge in [0.05, 0.1) is 0 Å². The molecule has 7 nitrogen and oxygen atoms in total. The van der Waals surface area contributed by atoms with Gasteiger partial charge in [-0.25, -0.2) is 15.0 Å². The van der Waals surface area contributed by atoms with Crippen molar-refractivity contribution in [2.75, 3.05) is 10.6 Å². The number of hydrogen-bond acceptors (Lipinski definition) is 5. The van der Waals surface area contributed by atoms with Crippen LogP contribution in [0.4, 0.5) is 17.2 Å². The van der Waals surface area contributed by atoms with Gasteiger partial charge in [-0.05, 0) is 92.9 Å². The average Bonchev–Trinajstić information content (AvgIpc) is 3.20. The molecule has 1 aromatic carbocycles. The van der Waals surface area contributed by atoms with Gasteiger partial charge in [-0.3, -0.25) is 9.36 Å². The topological polar surface area (TPSA) is 84.7 Å². The third-order valence-corrected chi connectivity index (χ3v) is 7.87. The predicted octanol–water partition coefficient (Wildman–Crippen LogP) is 5.26. The molecule has 2 aromatic heterocycles. The molecule has 4 bridgehead atoms. The van der Waals surface area contributed by atoms with Crippen LogP contribution in [0.3, 0.4) is 0 Å². The van der Waals surface area contributed by atoms with Crippen LogP contribution in [0.15, 0.2) is 49.1 Å². The monoisotopic (exact) mass is 442 g/mol. The van der Waals surface area contributed by atoms with E-state index >= 15 is 0 Å². The summed E-state index contributed by atoms with van der Waals surface area (Å²) >= 11 is 0. The first-order valence-electron chi connectivity index (χ1n) is 12.0. The lowest BCUT2D eigenvalue weighted by Gasteiger charge is -2.56. The van der Waals surface area contributed by atoms with Gasteiger partial charge in [0.25, 0.3) is 0 Å². The minimum atomic E-state index is 0.161. The van der Waals surface area contributed by atoms with Crippen LogP contribution in [0, 0.1) is 30.1 Å². The second-order valence-corrected chi connectivity index (χ2v) is 10.5. The Morgan fingerprint density at radius 3 is 2.30 bits per heavy atom. The molecule has 0 unspecified atom stereocenters. The standard InChI is InChI=1S/C26H30N6O/c1-17-27-6-7-32(17)24-11-23(28-16-29-24)30-21-2-4-22(5-3-21)31-25(33)15-26-12-18-8-19(13-26)10-20(9-18)14-26/h2-7,11,16,18-20H,8-10,12-15H2,1H3,(H,31,33)(H,28,29,30). The number of benzene rings is 1. The summed E-state index contributed by atoms with van der Waals surface area (Å²) < 4.78 is 1.91. The van der Waals surface area contributed by atoms with E-state index in [1.807, 2.05) is 48.0 Å². The van der Waals surface area contributed by atoms with E-state index in [0.717, 1.165) is 40.8 Å². The summed E-state index contributed by atoms with van der Waals surface area (Å²) in [5.41, 5.74) is 2.01. The van der Waals surface area contributed by atoms with Crippen molar-refractivity contribution in [1.82, 2.24) is 19.5 Å². The highest BCUT2D eigenvalue weighted by Gasteiger charge is 2.51. The van der Waals surface area contributed by atoms with Crippen molar-refractivity contribution in [3.05, 3.63) is 54.9 Å². The quantitative estimate of drug-likeness (QED) is 0.544. The molecule has 4 aliphatic rings. The number of rotatable bonds is 6. The third-order valence-electron chi connectivity index (χ3n) is 7.87. The van der Waals surface area contributed by atoms with Crippen LogP contribution in [-0.4, -0.2) is 25.4 Å². The van der Waals surface area contributed by atoms with Gasteiger partial charge >= 0.3 is 0 Å². The number of aryl methyl sites for hydroxylation is 1. The Morgan fingerprint density at radius 2 is 1.67 bits per heavy atom. The van der Waals surface area contributed by atoms with E-state index in [9.17, 15) is 4.79 Å². The molecule has 4 aliphatic carbocycles. The minimum Gasteiger partial charge on any atom is -0.340 e. The number of anilines is 3. The first-order valence-corrected chi connectivity index (χ1v) is 12.0. The molecule has 2 N–H and O–H groups in total. The summed E-state index contributed by atoms with van der Waals surface area (Å²) in [6.45, 7) is 1.94. The smallest absolute Gasteiger partial charge is 0.224 e. The summed E-state index contributed by atoms with van der Waals surface area (Å²) in [6, 6.07) is 9.70. The van der Waals surface area contributed by atoms with Gasteiger partial charge < -0.3 is 10.6 Å². The Morgan fingerprint density at radius 1 is 1.00 bits per heavy atom. The number of nitrogens with one attached hydrogen (secondary N) is 2. The number of carbonyl (C=O) groups excluding carboxylic acids is 1. The molecule has 0 saturated heterocycles. The van der Waals surface area contributed by atoms with Gasteiger partial charge in [-0.1, -0.05) is 0 Å². The van der Waals surface area contributed by atoms with E-state index < -0.39 is 0 Å². The SMILES string of the molecule is Cc1nccn1-c1cc(Nc2ccc(NC(=O)CC34CC5CC(CC(C5)C3)C4)cc2)ncn1. The third kappa shape index (κ3) is 4.12. The van der Waals surface area contributed by atoms with E-state index in [4.69, 9.17) is 0 Å². The lowest BCUT2D eigenvalue weighted by Crippen LogP contribution is -2.47. The molecule has 3 aromatic rings. The fraction of sp³-hybridized carbons (Fsp3) is 0.462. The summed E-state index contributed by atoms with van der Waals surface area (Å²) in [4.78, 5) is 25.8. The summed E-state index contributed by atoms with van der Waals surface area (Å²) in [5.74, 6) is 5.10. The highest BCUT2D eigenvalue weighted by atomic mass is 16.1. The Hall–Kier alpha value is -3.22. The van der Waals surface area contributed by atoms with Crippen LogP contribution in [0.5, 0.6) is 0 Å². The lowest BCUT2D eigenvalue weighted by molar-refractivity contribution is -0.124. The molecule has 4 fully saturated rings. The zero-order valence-corrected chi connectivity index (χ0v) is 19.0. The number of amides is 1. The Balaban J connectivity index is 1.09. The first-order chi connectivity index (χ1) is 16.0. The summed E-state index contributed by atoms with van der Waals surface area (Å²) in [7, 11) is 0. The zero-order valence-electron chi connectivity index (χ0n) is 19.0. The molecule has 7 heteroatoms. The fourth-order valence-corrected chi connectivity index (χ4v) is 7.00. The van der Waals surface area contributed by atoms with Gasteiger partial charge in [0.2, 0.25) is 5.91 Å². The Bertz CT molecular complexity index is 1130. The van der Waals surface area contributed by atoms with Crippen molar-refractivity contribution >= 4 is 23.1 Å². The van der Waals surface area contributed by atoms with Crippen LogP contribution >= 0.6 is 0 Å². The highest BCUT2D eigenvalue weighted by molar-refractivity contribution is 5.91. The number of nitrogens with zero attached hydrogens (tertiary/aromatic N) is 4. The number of carbonyl (C=O) groups is 1. The molecular weight excluding hydrogens is 412 g/mol. The summed E-state index contributed by atoms with van der Waals surface area (Å²) in [5, 5.41) is 6.45. The summed E-state index contributed by atoms with van der Waals surface area (Å²) in [6.07, 6.45) is 13.8. The van der Waals surface area contributed by atoms with Gasteiger partial charge in [0.1, 0.15) is 23.8 Å². The Labute approximate surface area is 194 Å². The lowest BCUT2D eigenvalue weighted by atomic mass is 9.49. The largest absolute Gasteiger partial charge is 0.340 e. The van der Waals surface area contributed by atoms with Crippen LogP contribution in [0.1, 0.15) is 50.8 Å². The highest BCUT2D eigenvalue weighted by Crippen LogP contribution is 2.61. The molecule has 33 heavy (non-hydrogen) atoms. The van der Waals surface area contributed by atoms with Crippen molar-refractivity contribution in [2.24, 2.45) is 23.2 Å². The fourth-order valence-electron chi connectivity index (χ4n) is 7.00. The van der Waals surface area contributed by atoms with Crippen LogP contribution in [0.25, 0.3) is 5.82 Å². The van der Waals surface area contributed by atoms with Gasteiger partial charge in [-0.2, -0.15) is 0 Å².